The van der Waals surface area contributed by atoms with Crippen molar-refractivity contribution < 1.29 is 4.79 Å². The predicted molar refractivity (Wildman–Crippen MR) is 65.9 cm³/mol. The largest absolute Gasteiger partial charge is 0.292 e. The molecule has 0 aliphatic heterocycles. The number of nitrogens with zero attached hydrogens (tertiary/aromatic N) is 1. The second kappa shape index (κ2) is 5.03. The second-order valence-corrected chi connectivity index (χ2v) is 4.50. The lowest BCUT2D eigenvalue weighted by molar-refractivity contribution is 0.0977. The Bertz CT molecular complexity index is 476. The Morgan fingerprint density at radius 1 is 1.44 bits per heavy atom. The molecule has 0 bridgehead atoms. The molecular weight excluding hydrogens is 218 g/mol. The molecule has 0 aliphatic carbocycles. The van der Waals surface area contributed by atoms with Crippen LogP contribution < -0.4 is 0 Å². The zero-order chi connectivity index (χ0) is 11.4. The zero-order valence-corrected chi connectivity index (χ0v) is 9.96. The first-order chi connectivity index (χ1) is 7.77. The Morgan fingerprint density at radius 2 is 2.31 bits per heavy atom. The number of carbonyl (C=O) groups is 1. The lowest BCUT2D eigenvalue weighted by Gasteiger charge is -2.02. The SMILES string of the molecule is Cc1cccnc1C(=O)CCc1ccsc1. The third kappa shape index (κ3) is 2.55. The van der Waals surface area contributed by atoms with Crippen LogP contribution in [0.3, 0.4) is 0 Å². The number of ketones is 1. The third-order valence-corrected chi connectivity index (χ3v) is 3.23. The normalized spacial score (nSPS) is 10.3. The van der Waals surface area contributed by atoms with E-state index in [9.17, 15) is 4.79 Å². The minimum Gasteiger partial charge on any atom is -0.292 e. The van der Waals surface area contributed by atoms with Crippen molar-refractivity contribution in [3.05, 3.63) is 52.0 Å². The number of aromatic nitrogens is 1. The lowest BCUT2D eigenvalue weighted by Crippen LogP contribution is -2.05. The summed E-state index contributed by atoms with van der Waals surface area (Å²) in [6.07, 6.45) is 3.01. The van der Waals surface area contributed by atoms with E-state index >= 15 is 0 Å². The molecule has 0 atom stereocenters. The highest BCUT2D eigenvalue weighted by Gasteiger charge is 2.09. The Labute approximate surface area is 99.0 Å². The van der Waals surface area contributed by atoms with Crippen LogP contribution >= 0.6 is 11.3 Å². The number of Topliss-reactive ketones (excluding diaryl/α,β-unsaturated/α-hetero) is 1. The van der Waals surface area contributed by atoms with Crippen molar-refractivity contribution in [1.29, 1.82) is 0 Å². The first-order valence-corrected chi connectivity index (χ1v) is 6.17. The smallest absolute Gasteiger partial charge is 0.181 e. The topological polar surface area (TPSA) is 30.0 Å². The van der Waals surface area contributed by atoms with Crippen molar-refractivity contribution >= 4 is 17.1 Å². The van der Waals surface area contributed by atoms with Gasteiger partial charge in [-0.25, -0.2) is 0 Å². The van der Waals surface area contributed by atoms with E-state index in [2.05, 4.69) is 16.4 Å². The third-order valence-electron chi connectivity index (χ3n) is 2.49. The second-order valence-electron chi connectivity index (χ2n) is 3.72. The number of pyridine rings is 1. The van der Waals surface area contributed by atoms with E-state index in [4.69, 9.17) is 0 Å². The zero-order valence-electron chi connectivity index (χ0n) is 9.14. The molecule has 0 spiro atoms. The molecule has 2 aromatic rings. The van der Waals surface area contributed by atoms with Crippen LogP contribution in [0.1, 0.15) is 28.0 Å². The first-order valence-electron chi connectivity index (χ1n) is 5.23. The summed E-state index contributed by atoms with van der Waals surface area (Å²) in [4.78, 5) is 16.0. The molecule has 0 fully saturated rings. The highest BCUT2D eigenvalue weighted by atomic mass is 32.1. The minimum absolute atomic E-state index is 0.129. The van der Waals surface area contributed by atoms with Crippen molar-refractivity contribution in [2.24, 2.45) is 0 Å². The first kappa shape index (κ1) is 11.0. The van der Waals surface area contributed by atoms with Crippen LogP contribution in [0.15, 0.2) is 35.2 Å². The summed E-state index contributed by atoms with van der Waals surface area (Å²) in [6.45, 7) is 1.92. The van der Waals surface area contributed by atoms with Gasteiger partial charge in [-0.1, -0.05) is 6.07 Å². The Hall–Kier alpha value is -1.48. The fraction of sp³-hybridized carbons (Fsp3) is 0.231. The summed E-state index contributed by atoms with van der Waals surface area (Å²) in [5.74, 6) is 0.129. The Kier molecular flexibility index (Phi) is 3.47. The molecule has 2 rings (SSSR count). The van der Waals surface area contributed by atoms with Gasteiger partial charge in [-0.05, 0) is 47.4 Å². The highest BCUT2D eigenvalue weighted by molar-refractivity contribution is 7.07. The van der Waals surface area contributed by atoms with Gasteiger partial charge in [0.25, 0.3) is 0 Å². The van der Waals surface area contributed by atoms with Crippen molar-refractivity contribution in [2.45, 2.75) is 19.8 Å². The van der Waals surface area contributed by atoms with Crippen LogP contribution in [0.4, 0.5) is 0 Å². The van der Waals surface area contributed by atoms with Gasteiger partial charge in [-0.3, -0.25) is 9.78 Å². The van der Waals surface area contributed by atoms with Gasteiger partial charge in [0.2, 0.25) is 0 Å². The monoisotopic (exact) mass is 231 g/mol. The van der Waals surface area contributed by atoms with Crippen LogP contribution in [0.5, 0.6) is 0 Å². The predicted octanol–water partition coefficient (Wildman–Crippen LogP) is 3.27. The Morgan fingerprint density at radius 3 is 3.00 bits per heavy atom. The van der Waals surface area contributed by atoms with E-state index in [0.29, 0.717) is 12.1 Å². The molecule has 0 aromatic carbocycles. The van der Waals surface area contributed by atoms with E-state index < -0.39 is 0 Å². The fourth-order valence-electron chi connectivity index (χ4n) is 1.59. The molecule has 0 N–H and O–H groups in total. The fourth-order valence-corrected chi connectivity index (χ4v) is 2.29. The molecular formula is C13H13NOS. The van der Waals surface area contributed by atoms with E-state index in [-0.39, 0.29) is 5.78 Å². The molecule has 0 aliphatic rings. The quantitative estimate of drug-likeness (QED) is 0.756. The summed E-state index contributed by atoms with van der Waals surface area (Å²) in [7, 11) is 0. The molecule has 0 unspecified atom stereocenters. The maximum Gasteiger partial charge on any atom is 0.181 e. The average Bonchev–Trinajstić information content (AvgIpc) is 2.79. The van der Waals surface area contributed by atoms with Crippen molar-refractivity contribution in [2.75, 3.05) is 0 Å². The van der Waals surface area contributed by atoms with Crippen LogP contribution in [0.2, 0.25) is 0 Å². The Balaban J connectivity index is 2.01. The van der Waals surface area contributed by atoms with E-state index in [1.165, 1.54) is 5.56 Å². The van der Waals surface area contributed by atoms with Crippen LogP contribution in [0, 0.1) is 6.92 Å². The van der Waals surface area contributed by atoms with Gasteiger partial charge in [0, 0.05) is 12.6 Å². The standard InChI is InChI=1S/C13H13NOS/c1-10-3-2-7-14-13(10)12(15)5-4-11-6-8-16-9-11/h2-3,6-9H,4-5H2,1H3. The molecule has 2 nitrogen and oxygen atoms in total. The summed E-state index contributed by atoms with van der Waals surface area (Å²) in [5, 5.41) is 4.12. The van der Waals surface area contributed by atoms with Gasteiger partial charge < -0.3 is 0 Å². The van der Waals surface area contributed by atoms with E-state index in [0.717, 1.165) is 12.0 Å². The summed E-state index contributed by atoms with van der Waals surface area (Å²) >= 11 is 1.66. The maximum atomic E-state index is 11.9. The lowest BCUT2D eigenvalue weighted by atomic mass is 10.1. The molecule has 0 amide bonds. The molecule has 16 heavy (non-hydrogen) atoms. The molecule has 0 radical (unpaired) electrons. The summed E-state index contributed by atoms with van der Waals surface area (Å²) in [6, 6.07) is 5.83. The van der Waals surface area contributed by atoms with Crippen molar-refractivity contribution in [3.63, 3.8) is 0 Å². The summed E-state index contributed by atoms with van der Waals surface area (Å²) < 4.78 is 0. The van der Waals surface area contributed by atoms with E-state index in [1.807, 2.05) is 24.4 Å². The number of hydrogen-bond acceptors (Lipinski definition) is 3. The molecule has 2 aromatic heterocycles. The van der Waals surface area contributed by atoms with Crippen LogP contribution in [-0.4, -0.2) is 10.8 Å². The summed E-state index contributed by atoms with van der Waals surface area (Å²) in [5.41, 5.74) is 2.79. The van der Waals surface area contributed by atoms with Gasteiger partial charge in [0.15, 0.2) is 5.78 Å². The average molecular weight is 231 g/mol. The highest BCUT2D eigenvalue weighted by Crippen LogP contribution is 2.12. The maximum absolute atomic E-state index is 11.9. The number of hydrogen-bond donors (Lipinski definition) is 0. The molecule has 82 valence electrons. The molecule has 3 heteroatoms. The van der Waals surface area contributed by atoms with Crippen molar-refractivity contribution in [3.8, 4) is 0 Å². The van der Waals surface area contributed by atoms with Gasteiger partial charge in [0.05, 0.1) is 0 Å². The van der Waals surface area contributed by atoms with Gasteiger partial charge >= 0.3 is 0 Å². The van der Waals surface area contributed by atoms with Crippen LogP contribution in [0.25, 0.3) is 0 Å². The number of aryl methyl sites for hydroxylation is 2. The van der Waals surface area contributed by atoms with E-state index in [1.54, 1.807) is 17.5 Å². The minimum atomic E-state index is 0.129. The molecule has 0 saturated heterocycles. The number of carbonyl (C=O) groups excluding carboxylic acids is 1. The van der Waals surface area contributed by atoms with Crippen LogP contribution in [-0.2, 0) is 6.42 Å². The van der Waals surface area contributed by atoms with Gasteiger partial charge in [-0.2, -0.15) is 11.3 Å². The number of rotatable bonds is 4. The van der Waals surface area contributed by atoms with Crippen molar-refractivity contribution in [1.82, 2.24) is 4.98 Å². The molecule has 2 heterocycles. The van der Waals surface area contributed by atoms with Gasteiger partial charge in [-0.15, -0.1) is 0 Å². The number of thiophene rings is 1. The molecule has 0 saturated carbocycles. The van der Waals surface area contributed by atoms with Gasteiger partial charge in [0.1, 0.15) is 5.69 Å².